The number of ether oxygens (including phenoxy) is 1. The predicted molar refractivity (Wildman–Crippen MR) is 85.0 cm³/mol. The van der Waals surface area contributed by atoms with Crippen LogP contribution in [0, 0.1) is 0 Å². The highest BCUT2D eigenvalue weighted by Crippen LogP contribution is 2.18. The number of nitrogens with zero attached hydrogens (tertiary/aromatic N) is 1. The maximum atomic E-state index is 5.40. The van der Waals surface area contributed by atoms with Crippen LogP contribution >= 0.6 is 0 Å². The van der Waals surface area contributed by atoms with Gasteiger partial charge in [-0.2, -0.15) is 0 Å². The minimum absolute atomic E-state index is 0.522. The van der Waals surface area contributed by atoms with Gasteiger partial charge in [0.15, 0.2) is 0 Å². The van der Waals surface area contributed by atoms with Crippen LogP contribution in [-0.4, -0.2) is 23.8 Å². The molecule has 2 aromatic rings. The second-order valence-corrected chi connectivity index (χ2v) is 5.49. The Kier molecular flexibility index (Phi) is 5.62. The minimum Gasteiger partial charge on any atom is -0.382 e. The molecule has 1 aromatic heterocycles. The van der Waals surface area contributed by atoms with Crippen LogP contribution in [0.25, 0.3) is 10.9 Å². The average molecular weight is 274 g/mol. The highest BCUT2D eigenvalue weighted by atomic mass is 16.5. The summed E-state index contributed by atoms with van der Waals surface area (Å²) in [5, 5.41) is 4.78. The summed E-state index contributed by atoms with van der Waals surface area (Å²) in [7, 11) is 0. The smallest absolute Gasteiger partial charge is 0.0482 e. The van der Waals surface area contributed by atoms with Gasteiger partial charge in [0, 0.05) is 44.1 Å². The maximum absolute atomic E-state index is 5.40. The third-order valence-electron chi connectivity index (χ3n) is 3.44. The van der Waals surface area contributed by atoms with Crippen molar-refractivity contribution in [1.82, 2.24) is 9.88 Å². The molecule has 0 saturated carbocycles. The molecule has 0 saturated heterocycles. The molecule has 1 N–H and O–H groups in total. The monoisotopic (exact) mass is 274 g/mol. The van der Waals surface area contributed by atoms with Gasteiger partial charge in [0.2, 0.25) is 0 Å². The van der Waals surface area contributed by atoms with Gasteiger partial charge in [0.1, 0.15) is 0 Å². The van der Waals surface area contributed by atoms with E-state index in [0.29, 0.717) is 6.04 Å². The van der Waals surface area contributed by atoms with Crippen LogP contribution in [0.5, 0.6) is 0 Å². The molecule has 3 heteroatoms. The molecule has 1 aromatic carbocycles. The summed E-state index contributed by atoms with van der Waals surface area (Å²) in [4.78, 5) is 0. The molecule has 2 rings (SSSR count). The Morgan fingerprint density at radius 3 is 2.85 bits per heavy atom. The largest absolute Gasteiger partial charge is 0.382 e. The van der Waals surface area contributed by atoms with E-state index in [9.17, 15) is 0 Å². The van der Waals surface area contributed by atoms with E-state index in [4.69, 9.17) is 4.74 Å². The number of aromatic nitrogens is 1. The Bertz CT molecular complexity index is 531. The SMILES string of the molecule is CCOCCCn1ccc2cc(CNC(C)C)ccc21. The van der Waals surface area contributed by atoms with E-state index in [0.717, 1.165) is 32.7 Å². The van der Waals surface area contributed by atoms with E-state index in [1.54, 1.807) is 0 Å². The summed E-state index contributed by atoms with van der Waals surface area (Å²) in [5.74, 6) is 0. The van der Waals surface area contributed by atoms with Crippen LogP contribution < -0.4 is 5.32 Å². The van der Waals surface area contributed by atoms with Crippen LogP contribution in [0.3, 0.4) is 0 Å². The van der Waals surface area contributed by atoms with Crippen molar-refractivity contribution in [2.45, 2.75) is 46.3 Å². The number of fused-ring (bicyclic) bond motifs is 1. The molecule has 0 spiro atoms. The van der Waals surface area contributed by atoms with E-state index >= 15 is 0 Å². The Morgan fingerprint density at radius 2 is 2.10 bits per heavy atom. The molecule has 0 radical (unpaired) electrons. The van der Waals surface area contributed by atoms with Gasteiger partial charge >= 0.3 is 0 Å². The molecule has 0 amide bonds. The van der Waals surface area contributed by atoms with Gasteiger partial charge in [-0.15, -0.1) is 0 Å². The average Bonchev–Trinajstić information content (AvgIpc) is 2.84. The van der Waals surface area contributed by atoms with E-state index < -0.39 is 0 Å². The van der Waals surface area contributed by atoms with Crippen molar-refractivity contribution in [1.29, 1.82) is 0 Å². The first kappa shape index (κ1) is 15.1. The van der Waals surface area contributed by atoms with Gasteiger partial charge in [-0.1, -0.05) is 19.9 Å². The van der Waals surface area contributed by atoms with Crippen molar-refractivity contribution in [2.75, 3.05) is 13.2 Å². The molecule has 0 bridgehead atoms. The van der Waals surface area contributed by atoms with Crippen LogP contribution in [-0.2, 0) is 17.8 Å². The highest BCUT2D eigenvalue weighted by molar-refractivity contribution is 5.80. The number of hydrogen-bond donors (Lipinski definition) is 1. The van der Waals surface area contributed by atoms with Crippen molar-refractivity contribution in [3.63, 3.8) is 0 Å². The molecule has 0 atom stereocenters. The standard InChI is InChI=1S/C17H26N2O/c1-4-20-11-5-9-19-10-8-16-12-15(6-7-17(16)19)13-18-14(2)3/h6-8,10,12,14,18H,4-5,9,11,13H2,1-3H3. The van der Waals surface area contributed by atoms with E-state index in [-0.39, 0.29) is 0 Å². The number of aryl methyl sites for hydroxylation is 1. The van der Waals surface area contributed by atoms with E-state index in [1.807, 2.05) is 6.92 Å². The number of benzene rings is 1. The zero-order chi connectivity index (χ0) is 14.4. The van der Waals surface area contributed by atoms with Crippen molar-refractivity contribution < 1.29 is 4.74 Å². The Morgan fingerprint density at radius 1 is 1.25 bits per heavy atom. The Labute approximate surface area is 121 Å². The van der Waals surface area contributed by atoms with Crippen LogP contribution in [0.2, 0.25) is 0 Å². The fourth-order valence-corrected chi connectivity index (χ4v) is 2.36. The molecular weight excluding hydrogens is 248 g/mol. The number of rotatable bonds is 8. The topological polar surface area (TPSA) is 26.2 Å². The Hall–Kier alpha value is -1.32. The van der Waals surface area contributed by atoms with Crippen molar-refractivity contribution in [2.24, 2.45) is 0 Å². The fraction of sp³-hybridized carbons (Fsp3) is 0.529. The molecule has 3 nitrogen and oxygen atoms in total. The minimum atomic E-state index is 0.522. The zero-order valence-corrected chi connectivity index (χ0v) is 12.9. The van der Waals surface area contributed by atoms with Crippen LogP contribution in [0.1, 0.15) is 32.8 Å². The lowest BCUT2D eigenvalue weighted by Crippen LogP contribution is -2.21. The number of hydrogen-bond acceptors (Lipinski definition) is 2. The van der Waals surface area contributed by atoms with Gasteiger partial charge < -0.3 is 14.6 Å². The Balaban J connectivity index is 2.00. The number of nitrogens with one attached hydrogen (secondary N) is 1. The van der Waals surface area contributed by atoms with Gasteiger partial charge in [0.05, 0.1) is 0 Å². The van der Waals surface area contributed by atoms with Gasteiger partial charge in [-0.05, 0) is 42.5 Å². The zero-order valence-electron chi connectivity index (χ0n) is 12.9. The summed E-state index contributed by atoms with van der Waals surface area (Å²) in [6, 6.07) is 9.46. The first-order valence-electron chi connectivity index (χ1n) is 7.59. The summed E-state index contributed by atoms with van der Waals surface area (Å²) >= 11 is 0. The normalized spacial score (nSPS) is 11.6. The lowest BCUT2D eigenvalue weighted by atomic mass is 10.1. The first-order chi connectivity index (χ1) is 9.70. The van der Waals surface area contributed by atoms with E-state index in [1.165, 1.54) is 16.5 Å². The predicted octanol–water partition coefficient (Wildman–Crippen LogP) is 3.57. The van der Waals surface area contributed by atoms with E-state index in [2.05, 4.69) is 54.2 Å². The van der Waals surface area contributed by atoms with Crippen LogP contribution in [0.15, 0.2) is 30.5 Å². The maximum Gasteiger partial charge on any atom is 0.0482 e. The molecule has 0 fully saturated rings. The summed E-state index contributed by atoms with van der Waals surface area (Å²) < 4.78 is 7.71. The highest BCUT2D eigenvalue weighted by Gasteiger charge is 2.03. The summed E-state index contributed by atoms with van der Waals surface area (Å²) in [6.07, 6.45) is 3.24. The van der Waals surface area contributed by atoms with Crippen molar-refractivity contribution >= 4 is 10.9 Å². The lowest BCUT2D eigenvalue weighted by Gasteiger charge is -2.09. The van der Waals surface area contributed by atoms with Gasteiger partial charge in [-0.3, -0.25) is 0 Å². The second-order valence-electron chi connectivity index (χ2n) is 5.49. The van der Waals surface area contributed by atoms with Crippen LogP contribution in [0.4, 0.5) is 0 Å². The summed E-state index contributed by atoms with van der Waals surface area (Å²) in [5.41, 5.74) is 2.66. The molecular formula is C17H26N2O. The second kappa shape index (κ2) is 7.46. The lowest BCUT2D eigenvalue weighted by molar-refractivity contribution is 0.142. The quantitative estimate of drug-likeness (QED) is 0.745. The molecule has 0 aliphatic rings. The van der Waals surface area contributed by atoms with Gasteiger partial charge in [0.25, 0.3) is 0 Å². The molecule has 110 valence electrons. The van der Waals surface area contributed by atoms with Crippen molar-refractivity contribution in [3.05, 3.63) is 36.0 Å². The third kappa shape index (κ3) is 4.09. The third-order valence-corrected chi connectivity index (χ3v) is 3.44. The fourth-order valence-electron chi connectivity index (χ4n) is 2.36. The molecule has 0 unspecified atom stereocenters. The molecule has 0 aliphatic heterocycles. The molecule has 20 heavy (non-hydrogen) atoms. The van der Waals surface area contributed by atoms with Crippen molar-refractivity contribution in [3.8, 4) is 0 Å². The summed E-state index contributed by atoms with van der Waals surface area (Å²) in [6.45, 7) is 9.99. The first-order valence-corrected chi connectivity index (χ1v) is 7.59. The molecule has 1 heterocycles. The van der Waals surface area contributed by atoms with Gasteiger partial charge in [-0.25, -0.2) is 0 Å². The molecule has 0 aliphatic carbocycles.